The minimum absolute atomic E-state index is 0.0933. The van der Waals surface area contributed by atoms with E-state index in [2.05, 4.69) is 28.9 Å². The van der Waals surface area contributed by atoms with Crippen LogP contribution in [0.3, 0.4) is 0 Å². The van der Waals surface area contributed by atoms with Crippen LogP contribution in [0, 0.1) is 6.57 Å². The lowest BCUT2D eigenvalue weighted by Gasteiger charge is -2.36. The van der Waals surface area contributed by atoms with E-state index < -0.39 is 0 Å². The van der Waals surface area contributed by atoms with Gasteiger partial charge in [0.25, 0.3) is 5.91 Å². The maximum Gasteiger partial charge on any atom is 0.253 e. The van der Waals surface area contributed by atoms with Gasteiger partial charge in [0, 0.05) is 49.2 Å². The molecule has 134 valence electrons. The molecule has 1 heterocycles. The number of nitrogens with zero attached hydrogens (tertiary/aromatic N) is 3. The molecule has 0 spiro atoms. The first-order valence-corrected chi connectivity index (χ1v) is 8.96. The van der Waals surface area contributed by atoms with E-state index in [1.807, 2.05) is 53.4 Å². The van der Waals surface area contributed by atoms with Gasteiger partial charge in [0.05, 0.1) is 6.57 Å². The van der Waals surface area contributed by atoms with Crippen LogP contribution in [0.1, 0.15) is 24.2 Å². The van der Waals surface area contributed by atoms with E-state index in [0.717, 1.165) is 30.0 Å². The van der Waals surface area contributed by atoms with Gasteiger partial charge in [0.15, 0.2) is 0 Å². The van der Waals surface area contributed by atoms with Crippen molar-refractivity contribution in [3.05, 3.63) is 65.5 Å². The largest absolute Gasteiger partial charge is 0.391 e. The number of piperazine rings is 1. The highest BCUT2D eigenvalue weighted by Gasteiger charge is 2.22. The first-order chi connectivity index (χ1) is 12.6. The lowest BCUT2D eigenvalue weighted by molar-refractivity contribution is 0.0747. The van der Waals surface area contributed by atoms with Crippen LogP contribution >= 0.6 is 0 Å². The molecular weight excluding hydrogens is 324 g/mol. The first-order valence-electron chi connectivity index (χ1n) is 8.96. The van der Waals surface area contributed by atoms with Crippen LogP contribution in [0.15, 0.2) is 48.5 Å². The maximum atomic E-state index is 12.6. The number of anilines is 2. The zero-order valence-corrected chi connectivity index (χ0v) is 15.3. The Hall–Kier alpha value is -3.00. The molecule has 1 aliphatic heterocycles. The Morgan fingerprint density at radius 1 is 1.08 bits per heavy atom. The standard InChI is InChI=1S/C21H24N4O/c1-16(2)23-20-15-18(9-10-19(20)22-3)24-11-13-25(14-12-24)21(26)17-7-5-4-6-8-17/h4-10,15-16,23H,11-14H2,1-2H3. The highest BCUT2D eigenvalue weighted by atomic mass is 16.2. The van der Waals surface area contributed by atoms with E-state index in [1.165, 1.54) is 0 Å². The Kier molecular flexibility index (Phi) is 5.43. The summed E-state index contributed by atoms with van der Waals surface area (Å²) >= 11 is 0. The van der Waals surface area contributed by atoms with Gasteiger partial charge < -0.3 is 15.1 Å². The van der Waals surface area contributed by atoms with Crippen molar-refractivity contribution in [1.29, 1.82) is 0 Å². The molecule has 5 nitrogen and oxygen atoms in total. The van der Waals surface area contributed by atoms with Crippen molar-refractivity contribution in [2.45, 2.75) is 19.9 Å². The van der Waals surface area contributed by atoms with Crippen molar-refractivity contribution in [2.75, 3.05) is 36.4 Å². The van der Waals surface area contributed by atoms with Gasteiger partial charge in [0.1, 0.15) is 0 Å². The highest BCUT2D eigenvalue weighted by molar-refractivity contribution is 5.94. The van der Waals surface area contributed by atoms with Crippen molar-refractivity contribution >= 4 is 23.0 Å². The lowest BCUT2D eigenvalue weighted by atomic mass is 10.1. The predicted octanol–water partition coefficient (Wildman–Crippen LogP) is 4.02. The summed E-state index contributed by atoms with van der Waals surface area (Å²) in [7, 11) is 0. The van der Waals surface area contributed by atoms with Crippen LogP contribution in [0.5, 0.6) is 0 Å². The summed E-state index contributed by atoms with van der Waals surface area (Å²) in [6.45, 7) is 14.4. The molecule has 3 rings (SSSR count). The summed E-state index contributed by atoms with van der Waals surface area (Å²) in [6, 6.07) is 15.6. The molecule has 2 aromatic carbocycles. The Labute approximate surface area is 155 Å². The lowest BCUT2D eigenvalue weighted by Crippen LogP contribution is -2.48. The molecule has 0 atom stereocenters. The number of benzene rings is 2. The van der Waals surface area contributed by atoms with Gasteiger partial charge in [-0.25, -0.2) is 4.85 Å². The zero-order valence-electron chi connectivity index (χ0n) is 15.3. The minimum atomic E-state index is 0.0933. The number of carbonyl (C=O) groups excluding carboxylic acids is 1. The Morgan fingerprint density at radius 2 is 1.77 bits per heavy atom. The van der Waals surface area contributed by atoms with Gasteiger partial charge in [-0.15, -0.1) is 0 Å². The molecule has 0 bridgehead atoms. The Morgan fingerprint density at radius 3 is 2.38 bits per heavy atom. The molecule has 0 unspecified atom stereocenters. The SMILES string of the molecule is [C-]#[N+]c1ccc(N2CCN(C(=O)c3ccccc3)CC2)cc1NC(C)C. The predicted molar refractivity (Wildman–Crippen MR) is 106 cm³/mol. The second-order valence-corrected chi connectivity index (χ2v) is 6.76. The van der Waals surface area contributed by atoms with E-state index in [1.54, 1.807) is 0 Å². The normalized spacial score (nSPS) is 14.2. The van der Waals surface area contributed by atoms with E-state index in [0.29, 0.717) is 18.8 Å². The molecule has 1 amide bonds. The van der Waals surface area contributed by atoms with Crippen LogP contribution in [0.25, 0.3) is 4.85 Å². The van der Waals surface area contributed by atoms with Crippen LogP contribution < -0.4 is 10.2 Å². The van der Waals surface area contributed by atoms with E-state index in [-0.39, 0.29) is 11.9 Å². The minimum Gasteiger partial charge on any atom is -0.391 e. The molecule has 0 saturated carbocycles. The maximum absolute atomic E-state index is 12.6. The van der Waals surface area contributed by atoms with Gasteiger partial charge in [0.2, 0.25) is 5.69 Å². The van der Waals surface area contributed by atoms with Crippen LogP contribution in [-0.4, -0.2) is 43.0 Å². The van der Waals surface area contributed by atoms with Crippen molar-refractivity contribution in [3.63, 3.8) is 0 Å². The van der Waals surface area contributed by atoms with Gasteiger partial charge in [-0.3, -0.25) is 4.79 Å². The number of carbonyl (C=O) groups is 1. The van der Waals surface area contributed by atoms with E-state index in [9.17, 15) is 4.79 Å². The molecular formula is C21H24N4O. The summed E-state index contributed by atoms with van der Waals surface area (Å²) in [6.07, 6.45) is 0. The second kappa shape index (κ2) is 7.92. The molecule has 0 aromatic heterocycles. The van der Waals surface area contributed by atoms with Crippen molar-refractivity contribution < 1.29 is 4.79 Å². The van der Waals surface area contributed by atoms with Crippen LogP contribution in [-0.2, 0) is 0 Å². The topological polar surface area (TPSA) is 39.9 Å². The zero-order chi connectivity index (χ0) is 18.5. The molecule has 2 aromatic rings. The first kappa shape index (κ1) is 17.8. The number of rotatable bonds is 4. The molecule has 1 N–H and O–H groups in total. The van der Waals surface area contributed by atoms with Crippen molar-refractivity contribution in [3.8, 4) is 0 Å². The Bertz CT molecular complexity index is 803. The third-order valence-corrected chi connectivity index (χ3v) is 4.50. The summed E-state index contributed by atoms with van der Waals surface area (Å²) in [5.41, 5.74) is 3.34. The smallest absolute Gasteiger partial charge is 0.253 e. The fourth-order valence-corrected chi connectivity index (χ4v) is 3.18. The van der Waals surface area contributed by atoms with Crippen molar-refractivity contribution in [2.24, 2.45) is 0 Å². The summed E-state index contributed by atoms with van der Waals surface area (Å²) in [5.74, 6) is 0.0933. The average Bonchev–Trinajstić information content (AvgIpc) is 2.68. The quantitative estimate of drug-likeness (QED) is 0.849. The third kappa shape index (κ3) is 3.97. The summed E-state index contributed by atoms with van der Waals surface area (Å²) in [5, 5.41) is 3.35. The summed E-state index contributed by atoms with van der Waals surface area (Å²) < 4.78 is 0. The molecule has 1 saturated heterocycles. The fraction of sp³-hybridized carbons (Fsp3) is 0.333. The average molecular weight is 348 g/mol. The highest BCUT2D eigenvalue weighted by Crippen LogP contribution is 2.31. The number of amides is 1. The van der Waals surface area contributed by atoms with Gasteiger partial charge in [-0.05, 0) is 38.1 Å². The molecule has 0 radical (unpaired) electrons. The van der Waals surface area contributed by atoms with Gasteiger partial charge in [-0.2, -0.15) is 0 Å². The molecule has 1 fully saturated rings. The number of hydrogen-bond donors (Lipinski definition) is 1. The second-order valence-electron chi connectivity index (χ2n) is 6.76. The van der Waals surface area contributed by atoms with Gasteiger partial charge >= 0.3 is 0 Å². The molecule has 5 heteroatoms. The number of hydrogen-bond acceptors (Lipinski definition) is 3. The molecule has 0 aliphatic carbocycles. The fourth-order valence-electron chi connectivity index (χ4n) is 3.18. The number of nitrogens with one attached hydrogen (secondary N) is 1. The van der Waals surface area contributed by atoms with E-state index in [4.69, 9.17) is 6.57 Å². The van der Waals surface area contributed by atoms with Gasteiger partial charge in [-0.1, -0.05) is 24.3 Å². The monoisotopic (exact) mass is 348 g/mol. The van der Waals surface area contributed by atoms with Crippen molar-refractivity contribution in [1.82, 2.24) is 4.90 Å². The van der Waals surface area contributed by atoms with Crippen LogP contribution in [0.2, 0.25) is 0 Å². The molecule has 26 heavy (non-hydrogen) atoms. The summed E-state index contributed by atoms with van der Waals surface area (Å²) in [4.78, 5) is 20.3. The van der Waals surface area contributed by atoms with Crippen LogP contribution in [0.4, 0.5) is 17.1 Å². The third-order valence-electron chi connectivity index (χ3n) is 4.50. The van der Waals surface area contributed by atoms with E-state index >= 15 is 0 Å². The molecule has 1 aliphatic rings. The Balaban J connectivity index is 1.68.